The minimum atomic E-state index is 0.812. The molecule has 0 amide bonds. The summed E-state index contributed by atoms with van der Waals surface area (Å²) in [7, 11) is 0. The second kappa shape index (κ2) is 34.3. The lowest BCUT2D eigenvalue weighted by molar-refractivity contribution is -0.0348. The van der Waals surface area contributed by atoms with Gasteiger partial charge in [-0.3, -0.25) is 9.80 Å². The molecular formula is C62H122N6. The summed E-state index contributed by atoms with van der Waals surface area (Å²) in [4.78, 5) is 18.5. The highest BCUT2D eigenvalue weighted by Gasteiger charge is 2.43. The summed E-state index contributed by atoms with van der Waals surface area (Å²) in [6.07, 6.45) is 50.8. The zero-order chi connectivity index (χ0) is 48.4. The maximum absolute atomic E-state index is 3.33. The fourth-order valence-electron chi connectivity index (χ4n) is 15.1. The molecule has 0 aliphatic heterocycles. The molecule has 0 aromatic heterocycles. The first kappa shape index (κ1) is 58.6. The standard InChI is InChI=1S/C62H122N6/c1-9-17-45-63(46-18-10-2)53-25-33-57(34-26-53)67(58-35-27-54(28-36-58)64(47-19-11-3)48-20-12-4)61-41-43-62(44-42-61)68(59-37-29-55(30-38-59)65(49-21-13-5)50-22-14-6)60-39-31-56(32-40-60)66(51-23-15-7)52-24-16-8/h53-62H,9-52H2,1-8H3. The summed E-state index contributed by atoms with van der Waals surface area (Å²) in [5, 5.41) is 0. The van der Waals surface area contributed by atoms with Crippen molar-refractivity contribution in [3.05, 3.63) is 0 Å². The van der Waals surface area contributed by atoms with Gasteiger partial charge in [0.15, 0.2) is 0 Å². The van der Waals surface area contributed by atoms with Gasteiger partial charge < -0.3 is 19.6 Å². The van der Waals surface area contributed by atoms with E-state index in [1.165, 1.54) is 284 Å². The van der Waals surface area contributed by atoms with E-state index in [1.54, 1.807) is 0 Å². The number of rotatable bonds is 34. The minimum Gasteiger partial charge on any atom is -0.300 e. The van der Waals surface area contributed by atoms with Gasteiger partial charge in [-0.15, -0.1) is 0 Å². The van der Waals surface area contributed by atoms with E-state index in [-0.39, 0.29) is 0 Å². The van der Waals surface area contributed by atoms with E-state index in [1.807, 2.05) is 0 Å². The van der Waals surface area contributed by atoms with Crippen LogP contribution in [0.15, 0.2) is 0 Å². The molecule has 5 fully saturated rings. The Balaban J connectivity index is 1.31. The topological polar surface area (TPSA) is 19.4 Å². The highest BCUT2D eigenvalue weighted by atomic mass is 15.3. The van der Waals surface area contributed by atoms with Crippen molar-refractivity contribution in [1.82, 2.24) is 29.4 Å². The van der Waals surface area contributed by atoms with E-state index < -0.39 is 0 Å². The highest BCUT2D eigenvalue weighted by molar-refractivity contribution is 4.99. The predicted molar refractivity (Wildman–Crippen MR) is 299 cm³/mol. The van der Waals surface area contributed by atoms with E-state index in [0.29, 0.717) is 0 Å². The van der Waals surface area contributed by atoms with Gasteiger partial charge in [0.25, 0.3) is 0 Å². The van der Waals surface area contributed by atoms with Crippen molar-refractivity contribution >= 4 is 0 Å². The third kappa shape index (κ3) is 18.6. The van der Waals surface area contributed by atoms with Gasteiger partial charge in [-0.1, -0.05) is 107 Å². The van der Waals surface area contributed by atoms with Crippen molar-refractivity contribution in [3.8, 4) is 0 Å². The molecule has 0 unspecified atom stereocenters. The molecule has 0 heterocycles. The van der Waals surface area contributed by atoms with Crippen LogP contribution in [0, 0.1) is 0 Å². The summed E-state index contributed by atoms with van der Waals surface area (Å²) < 4.78 is 0. The Hall–Kier alpha value is -0.240. The predicted octanol–water partition coefficient (Wildman–Crippen LogP) is 15.8. The van der Waals surface area contributed by atoms with E-state index in [2.05, 4.69) is 84.8 Å². The average molecular weight is 952 g/mol. The molecule has 5 aliphatic carbocycles. The quantitative estimate of drug-likeness (QED) is 0.0636. The number of hydrogen-bond donors (Lipinski definition) is 0. The van der Waals surface area contributed by atoms with Gasteiger partial charge in [-0.2, -0.15) is 0 Å². The van der Waals surface area contributed by atoms with Crippen molar-refractivity contribution in [2.75, 3.05) is 52.4 Å². The molecule has 0 spiro atoms. The second-order valence-corrected chi connectivity index (χ2v) is 24.2. The highest BCUT2D eigenvalue weighted by Crippen LogP contribution is 2.42. The molecule has 68 heavy (non-hydrogen) atoms. The molecule has 5 rings (SSSR count). The van der Waals surface area contributed by atoms with Crippen molar-refractivity contribution < 1.29 is 0 Å². The van der Waals surface area contributed by atoms with Crippen molar-refractivity contribution in [3.63, 3.8) is 0 Å². The van der Waals surface area contributed by atoms with Gasteiger partial charge in [0, 0.05) is 60.4 Å². The van der Waals surface area contributed by atoms with E-state index in [0.717, 1.165) is 60.4 Å². The van der Waals surface area contributed by atoms with Crippen LogP contribution < -0.4 is 0 Å². The minimum absolute atomic E-state index is 0.812. The van der Waals surface area contributed by atoms with Crippen LogP contribution in [-0.4, -0.2) is 142 Å². The Morgan fingerprint density at radius 2 is 0.309 bits per heavy atom. The Kier molecular flexibility index (Phi) is 29.6. The van der Waals surface area contributed by atoms with Crippen LogP contribution in [0.25, 0.3) is 0 Å². The Bertz CT molecular complexity index is 986. The molecule has 5 aliphatic rings. The lowest BCUT2D eigenvalue weighted by Gasteiger charge is -2.53. The summed E-state index contributed by atoms with van der Waals surface area (Å²) >= 11 is 0. The van der Waals surface area contributed by atoms with Crippen LogP contribution in [0.2, 0.25) is 0 Å². The zero-order valence-corrected chi connectivity index (χ0v) is 47.6. The van der Waals surface area contributed by atoms with E-state index in [4.69, 9.17) is 0 Å². The van der Waals surface area contributed by atoms with Gasteiger partial charge >= 0.3 is 0 Å². The van der Waals surface area contributed by atoms with Crippen LogP contribution in [-0.2, 0) is 0 Å². The Morgan fingerprint density at radius 1 is 0.191 bits per heavy atom. The lowest BCUT2D eigenvalue weighted by atomic mass is 9.78. The summed E-state index contributed by atoms with van der Waals surface area (Å²) in [6, 6.07) is 8.22. The van der Waals surface area contributed by atoms with Gasteiger partial charge in [0.05, 0.1) is 0 Å². The zero-order valence-electron chi connectivity index (χ0n) is 47.6. The molecule has 400 valence electrons. The van der Waals surface area contributed by atoms with Crippen LogP contribution in [0.5, 0.6) is 0 Å². The first-order valence-electron chi connectivity index (χ1n) is 31.9. The maximum Gasteiger partial charge on any atom is 0.0102 e. The number of hydrogen-bond acceptors (Lipinski definition) is 6. The molecule has 0 aromatic carbocycles. The van der Waals surface area contributed by atoms with Crippen molar-refractivity contribution in [1.29, 1.82) is 0 Å². The van der Waals surface area contributed by atoms with Crippen LogP contribution in [0.3, 0.4) is 0 Å². The molecule has 0 saturated heterocycles. The first-order chi connectivity index (χ1) is 33.4. The fourth-order valence-corrected chi connectivity index (χ4v) is 15.1. The Morgan fingerprint density at radius 3 is 0.426 bits per heavy atom. The van der Waals surface area contributed by atoms with Crippen LogP contribution in [0.4, 0.5) is 0 Å². The molecule has 0 aromatic rings. The summed E-state index contributed by atoms with van der Waals surface area (Å²) in [5.74, 6) is 0. The molecule has 5 saturated carbocycles. The van der Waals surface area contributed by atoms with Gasteiger partial charge in [0.2, 0.25) is 0 Å². The van der Waals surface area contributed by atoms with Crippen molar-refractivity contribution in [2.24, 2.45) is 0 Å². The SMILES string of the molecule is CCCCN(CCCC)C1CCC(N(C2CCC(N(CCCC)CCCC)CC2)C2CCC(N(C3CCC(N(CCCC)CCCC)CC3)C3CCC(N(CCCC)CCCC)CC3)CC2)CC1. The smallest absolute Gasteiger partial charge is 0.0102 e. The average Bonchev–Trinajstić information content (AvgIpc) is 3.38. The molecule has 6 nitrogen and oxygen atoms in total. The van der Waals surface area contributed by atoms with Gasteiger partial charge in [0.1, 0.15) is 0 Å². The monoisotopic (exact) mass is 951 g/mol. The molecule has 0 atom stereocenters. The van der Waals surface area contributed by atoms with Crippen LogP contribution >= 0.6 is 0 Å². The largest absolute Gasteiger partial charge is 0.300 e. The number of unbranched alkanes of at least 4 members (excludes halogenated alkanes) is 8. The third-order valence-electron chi connectivity index (χ3n) is 19.3. The number of nitrogens with zero attached hydrogens (tertiary/aromatic N) is 6. The van der Waals surface area contributed by atoms with E-state index >= 15 is 0 Å². The van der Waals surface area contributed by atoms with E-state index in [9.17, 15) is 0 Å². The maximum atomic E-state index is 3.33. The second-order valence-electron chi connectivity index (χ2n) is 24.2. The lowest BCUT2D eigenvalue weighted by Crippen LogP contribution is -2.58. The summed E-state index contributed by atoms with van der Waals surface area (Å²) in [6.45, 7) is 29.8. The molecule has 0 radical (unpaired) electrons. The Labute approximate surface area is 427 Å². The fraction of sp³-hybridized carbons (Fsp3) is 1.00. The van der Waals surface area contributed by atoms with Crippen LogP contribution in [0.1, 0.15) is 287 Å². The molecule has 6 heteroatoms. The van der Waals surface area contributed by atoms with Crippen molar-refractivity contribution in [2.45, 2.75) is 347 Å². The van der Waals surface area contributed by atoms with Gasteiger partial charge in [-0.05, 0) is 232 Å². The molecule has 0 bridgehead atoms. The first-order valence-corrected chi connectivity index (χ1v) is 31.9. The van der Waals surface area contributed by atoms with Gasteiger partial charge in [-0.25, -0.2) is 0 Å². The molecular weight excluding hydrogens is 829 g/mol. The summed E-state index contributed by atoms with van der Waals surface area (Å²) in [5.41, 5.74) is 0. The normalized spacial score (nSPS) is 29.9. The molecule has 0 N–H and O–H groups in total. The third-order valence-corrected chi connectivity index (χ3v) is 19.3.